The average Bonchev–Trinajstić information content (AvgIpc) is 2.29. The van der Waals surface area contributed by atoms with Gasteiger partial charge in [-0.05, 0) is 44.9 Å². The number of nitrogens with zero attached hydrogens (tertiary/aromatic N) is 1. The Morgan fingerprint density at radius 2 is 2.06 bits per heavy atom. The van der Waals surface area contributed by atoms with Gasteiger partial charge in [-0.1, -0.05) is 23.8 Å². The summed E-state index contributed by atoms with van der Waals surface area (Å²) in [6.07, 6.45) is 1.64. The molecule has 0 aliphatic rings. The van der Waals surface area contributed by atoms with Crippen molar-refractivity contribution in [3.8, 4) is 6.07 Å². The molecule has 0 saturated carbocycles. The molecule has 0 atom stereocenters. The van der Waals surface area contributed by atoms with Gasteiger partial charge < -0.3 is 5.32 Å². The predicted molar refractivity (Wildman–Crippen MR) is 72.8 cm³/mol. The number of aryl methyl sites for hydroxylation is 2. The molecule has 0 unspecified atom stereocenters. The molecule has 0 radical (unpaired) electrons. The Morgan fingerprint density at radius 3 is 2.61 bits per heavy atom. The zero-order valence-corrected chi connectivity index (χ0v) is 11.2. The maximum Gasteiger partial charge on any atom is 0.262 e. The maximum atomic E-state index is 11.8. The number of nitriles is 1. The van der Waals surface area contributed by atoms with Gasteiger partial charge in [-0.2, -0.15) is 5.26 Å². The van der Waals surface area contributed by atoms with Crippen LogP contribution in [0.15, 0.2) is 23.8 Å². The number of hydrogen-bond donors (Lipinski definition) is 1. The van der Waals surface area contributed by atoms with E-state index in [-0.39, 0.29) is 17.5 Å². The first-order valence-electron chi connectivity index (χ1n) is 5.94. The van der Waals surface area contributed by atoms with Gasteiger partial charge in [0, 0.05) is 6.04 Å². The standard InChI is InChI=1S/C15H18N2O/c1-10(2)17-15(18)14(9-16)8-13-7-11(3)5-6-12(13)4/h5-8,10H,1-4H3,(H,17,18)/b14-8+. The Bertz CT molecular complexity index is 522. The molecule has 3 nitrogen and oxygen atoms in total. The second kappa shape index (κ2) is 6.02. The van der Waals surface area contributed by atoms with Crippen LogP contribution in [0.1, 0.15) is 30.5 Å². The summed E-state index contributed by atoms with van der Waals surface area (Å²) in [6, 6.07) is 7.93. The van der Waals surface area contributed by atoms with Crippen molar-refractivity contribution in [3.63, 3.8) is 0 Å². The summed E-state index contributed by atoms with van der Waals surface area (Å²) in [7, 11) is 0. The third-order valence-corrected chi connectivity index (χ3v) is 2.52. The van der Waals surface area contributed by atoms with Crippen LogP contribution in [-0.4, -0.2) is 11.9 Å². The number of amides is 1. The fraction of sp³-hybridized carbons (Fsp3) is 0.333. The minimum absolute atomic E-state index is 0.0212. The van der Waals surface area contributed by atoms with E-state index in [1.807, 2.05) is 52.0 Å². The maximum absolute atomic E-state index is 11.8. The van der Waals surface area contributed by atoms with Gasteiger partial charge in [0.25, 0.3) is 5.91 Å². The highest BCUT2D eigenvalue weighted by Gasteiger charge is 2.10. The molecule has 0 spiro atoms. The number of benzene rings is 1. The van der Waals surface area contributed by atoms with Crippen molar-refractivity contribution in [3.05, 3.63) is 40.5 Å². The van der Waals surface area contributed by atoms with Gasteiger partial charge in [0.2, 0.25) is 0 Å². The van der Waals surface area contributed by atoms with Gasteiger partial charge in [-0.3, -0.25) is 4.79 Å². The van der Waals surface area contributed by atoms with Crippen LogP contribution >= 0.6 is 0 Å². The zero-order valence-electron chi connectivity index (χ0n) is 11.2. The molecule has 1 aromatic carbocycles. The van der Waals surface area contributed by atoms with Gasteiger partial charge in [0.05, 0.1) is 0 Å². The van der Waals surface area contributed by atoms with Crippen molar-refractivity contribution >= 4 is 12.0 Å². The van der Waals surface area contributed by atoms with Gasteiger partial charge >= 0.3 is 0 Å². The van der Waals surface area contributed by atoms with Gasteiger partial charge in [0.1, 0.15) is 11.6 Å². The molecule has 1 aromatic rings. The Hall–Kier alpha value is -2.08. The first kappa shape index (κ1) is 14.0. The van der Waals surface area contributed by atoms with Crippen LogP contribution in [-0.2, 0) is 4.79 Å². The molecule has 0 fully saturated rings. The Kier molecular flexibility index (Phi) is 4.67. The van der Waals surface area contributed by atoms with Crippen molar-refractivity contribution in [1.82, 2.24) is 5.32 Å². The van der Waals surface area contributed by atoms with Crippen molar-refractivity contribution in [2.24, 2.45) is 0 Å². The van der Waals surface area contributed by atoms with E-state index in [1.54, 1.807) is 6.08 Å². The number of hydrogen-bond acceptors (Lipinski definition) is 2. The smallest absolute Gasteiger partial charge is 0.262 e. The molecule has 0 saturated heterocycles. The van der Waals surface area contributed by atoms with Crippen molar-refractivity contribution in [2.75, 3.05) is 0 Å². The lowest BCUT2D eigenvalue weighted by Gasteiger charge is -2.08. The number of carbonyl (C=O) groups excluding carboxylic acids is 1. The summed E-state index contributed by atoms with van der Waals surface area (Å²) < 4.78 is 0. The van der Waals surface area contributed by atoms with Crippen LogP contribution in [0.5, 0.6) is 0 Å². The van der Waals surface area contributed by atoms with E-state index in [0.29, 0.717) is 0 Å². The van der Waals surface area contributed by atoms with E-state index in [1.165, 1.54) is 0 Å². The van der Waals surface area contributed by atoms with E-state index in [9.17, 15) is 4.79 Å². The van der Waals surface area contributed by atoms with Crippen molar-refractivity contribution < 1.29 is 4.79 Å². The summed E-state index contributed by atoms with van der Waals surface area (Å²) >= 11 is 0. The van der Waals surface area contributed by atoms with E-state index in [0.717, 1.165) is 16.7 Å². The van der Waals surface area contributed by atoms with Crippen molar-refractivity contribution in [1.29, 1.82) is 5.26 Å². The fourth-order valence-corrected chi connectivity index (χ4v) is 1.56. The SMILES string of the molecule is Cc1ccc(C)c(/C=C(\C#N)C(=O)NC(C)C)c1. The fourth-order valence-electron chi connectivity index (χ4n) is 1.56. The third-order valence-electron chi connectivity index (χ3n) is 2.52. The lowest BCUT2D eigenvalue weighted by Crippen LogP contribution is -2.30. The summed E-state index contributed by atoms with van der Waals surface area (Å²) in [6.45, 7) is 7.67. The number of carbonyl (C=O) groups is 1. The lowest BCUT2D eigenvalue weighted by atomic mass is 10.0. The molecule has 0 bridgehead atoms. The normalized spacial score (nSPS) is 11.2. The van der Waals surface area contributed by atoms with Crippen LogP contribution in [0.25, 0.3) is 6.08 Å². The molecular weight excluding hydrogens is 224 g/mol. The second-order valence-corrected chi connectivity index (χ2v) is 4.66. The summed E-state index contributed by atoms with van der Waals surface area (Å²) in [5, 5.41) is 11.8. The topological polar surface area (TPSA) is 52.9 Å². The highest BCUT2D eigenvalue weighted by molar-refractivity contribution is 6.01. The predicted octanol–water partition coefficient (Wildman–Crippen LogP) is 2.74. The van der Waals surface area contributed by atoms with Crippen molar-refractivity contribution in [2.45, 2.75) is 33.7 Å². The van der Waals surface area contributed by atoms with E-state index >= 15 is 0 Å². The summed E-state index contributed by atoms with van der Waals surface area (Å²) in [5.74, 6) is -0.326. The molecule has 0 heterocycles. The molecule has 0 aromatic heterocycles. The number of nitrogens with one attached hydrogen (secondary N) is 1. The molecule has 94 valence electrons. The second-order valence-electron chi connectivity index (χ2n) is 4.66. The average molecular weight is 242 g/mol. The van der Waals surface area contributed by atoms with Gasteiger partial charge in [-0.15, -0.1) is 0 Å². The van der Waals surface area contributed by atoms with Crippen LogP contribution in [0, 0.1) is 25.2 Å². The highest BCUT2D eigenvalue weighted by Crippen LogP contribution is 2.14. The quantitative estimate of drug-likeness (QED) is 0.654. The molecule has 0 aliphatic heterocycles. The Morgan fingerprint density at radius 1 is 1.39 bits per heavy atom. The number of rotatable bonds is 3. The minimum atomic E-state index is -0.326. The monoisotopic (exact) mass is 242 g/mol. The largest absolute Gasteiger partial charge is 0.349 e. The highest BCUT2D eigenvalue weighted by atomic mass is 16.1. The Balaban J connectivity index is 3.08. The molecule has 1 rings (SSSR count). The molecule has 0 aliphatic carbocycles. The molecule has 1 amide bonds. The molecule has 1 N–H and O–H groups in total. The lowest BCUT2D eigenvalue weighted by molar-refractivity contribution is -0.117. The molecular formula is C15H18N2O. The van der Waals surface area contributed by atoms with Crippen LogP contribution in [0.3, 0.4) is 0 Å². The summed E-state index contributed by atoms with van der Waals surface area (Å²) in [4.78, 5) is 11.8. The Labute approximate surface area is 108 Å². The van der Waals surface area contributed by atoms with E-state index in [4.69, 9.17) is 5.26 Å². The van der Waals surface area contributed by atoms with Gasteiger partial charge in [-0.25, -0.2) is 0 Å². The summed E-state index contributed by atoms with van der Waals surface area (Å²) in [5.41, 5.74) is 3.20. The zero-order chi connectivity index (χ0) is 13.7. The van der Waals surface area contributed by atoms with Crippen LogP contribution < -0.4 is 5.32 Å². The molecule has 3 heteroatoms. The van der Waals surface area contributed by atoms with E-state index < -0.39 is 0 Å². The molecule has 18 heavy (non-hydrogen) atoms. The third kappa shape index (κ3) is 3.74. The van der Waals surface area contributed by atoms with Crippen LogP contribution in [0.2, 0.25) is 0 Å². The first-order valence-corrected chi connectivity index (χ1v) is 5.94. The minimum Gasteiger partial charge on any atom is -0.349 e. The van der Waals surface area contributed by atoms with Gasteiger partial charge in [0.15, 0.2) is 0 Å². The van der Waals surface area contributed by atoms with E-state index in [2.05, 4.69) is 5.32 Å². The first-order chi connectivity index (χ1) is 8.43. The van der Waals surface area contributed by atoms with Crippen LogP contribution in [0.4, 0.5) is 0 Å².